The van der Waals surface area contributed by atoms with Gasteiger partial charge < -0.3 is 15.2 Å². The van der Waals surface area contributed by atoms with Crippen LogP contribution in [0.1, 0.15) is 5.56 Å². The first-order valence-electron chi connectivity index (χ1n) is 4.23. The molecule has 2 rings (SSSR count). The summed E-state index contributed by atoms with van der Waals surface area (Å²) in [5.41, 5.74) is 5.82. The molecule has 0 saturated heterocycles. The number of hydrogen-bond acceptors (Lipinski definition) is 3. The lowest BCUT2D eigenvalue weighted by molar-refractivity contribution is -0.113. The van der Waals surface area contributed by atoms with E-state index < -0.39 is 5.91 Å². The van der Waals surface area contributed by atoms with Gasteiger partial charge in [0.15, 0.2) is 11.5 Å². The molecule has 78 valence electrons. The van der Waals surface area contributed by atoms with Crippen molar-refractivity contribution in [3.05, 3.63) is 28.2 Å². The molecule has 0 radical (unpaired) electrons. The molecule has 15 heavy (non-hydrogen) atoms. The lowest BCUT2D eigenvalue weighted by Gasteiger charge is -2.01. The van der Waals surface area contributed by atoms with E-state index in [0.717, 1.165) is 10.0 Å². The summed E-state index contributed by atoms with van der Waals surface area (Å²) in [6, 6.07) is 3.58. The Labute approximate surface area is 94.8 Å². The fourth-order valence-corrected chi connectivity index (χ4v) is 1.69. The van der Waals surface area contributed by atoms with E-state index in [4.69, 9.17) is 15.2 Å². The van der Waals surface area contributed by atoms with Crippen LogP contribution >= 0.6 is 15.9 Å². The summed E-state index contributed by atoms with van der Waals surface area (Å²) in [4.78, 5) is 10.6. The van der Waals surface area contributed by atoms with E-state index in [1.54, 1.807) is 18.2 Å². The Morgan fingerprint density at radius 2 is 2.07 bits per heavy atom. The highest BCUT2D eigenvalue weighted by Gasteiger charge is 2.15. The molecule has 1 aliphatic heterocycles. The topological polar surface area (TPSA) is 61.6 Å². The fourth-order valence-electron chi connectivity index (χ4n) is 1.23. The number of amides is 1. The van der Waals surface area contributed by atoms with E-state index in [1.165, 1.54) is 6.08 Å². The molecule has 1 heterocycles. The SMILES string of the molecule is NC(=O)C=Cc1cc2c(cc1Br)OCO2. The Morgan fingerprint density at radius 1 is 1.40 bits per heavy atom. The molecule has 0 aliphatic carbocycles. The second-order valence-electron chi connectivity index (χ2n) is 2.96. The average molecular weight is 270 g/mol. The summed E-state index contributed by atoms with van der Waals surface area (Å²) < 4.78 is 11.2. The van der Waals surface area contributed by atoms with Gasteiger partial charge in [-0.2, -0.15) is 0 Å². The predicted molar refractivity (Wildman–Crippen MR) is 58.5 cm³/mol. The van der Waals surface area contributed by atoms with Crippen molar-refractivity contribution in [1.82, 2.24) is 0 Å². The minimum absolute atomic E-state index is 0.227. The molecule has 1 aromatic carbocycles. The van der Waals surface area contributed by atoms with Gasteiger partial charge in [-0.1, -0.05) is 15.9 Å². The van der Waals surface area contributed by atoms with Crippen molar-refractivity contribution in [2.24, 2.45) is 5.73 Å². The number of rotatable bonds is 2. The number of benzene rings is 1. The highest BCUT2D eigenvalue weighted by Crippen LogP contribution is 2.37. The summed E-state index contributed by atoms with van der Waals surface area (Å²) in [5, 5.41) is 0. The quantitative estimate of drug-likeness (QED) is 0.831. The molecule has 1 aliphatic rings. The molecule has 0 unspecified atom stereocenters. The number of nitrogens with two attached hydrogens (primary N) is 1. The van der Waals surface area contributed by atoms with Gasteiger partial charge in [0.2, 0.25) is 12.7 Å². The molecule has 5 heteroatoms. The van der Waals surface area contributed by atoms with Gasteiger partial charge in [0.25, 0.3) is 0 Å². The maximum Gasteiger partial charge on any atom is 0.241 e. The van der Waals surface area contributed by atoms with E-state index in [2.05, 4.69) is 15.9 Å². The first-order valence-corrected chi connectivity index (χ1v) is 5.03. The maximum absolute atomic E-state index is 10.6. The van der Waals surface area contributed by atoms with E-state index in [1.807, 2.05) is 0 Å². The molecule has 4 nitrogen and oxygen atoms in total. The second-order valence-corrected chi connectivity index (χ2v) is 3.82. The predicted octanol–water partition coefficient (Wildman–Crippen LogP) is 1.68. The first-order chi connectivity index (χ1) is 7.16. The fraction of sp³-hybridized carbons (Fsp3) is 0.100. The van der Waals surface area contributed by atoms with Crippen LogP contribution in [0.25, 0.3) is 6.08 Å². The van der Waals surface area contributed by atoms with Crippen LogP contribution in [-0.2, 0) is 4.79 Å². The van der Waals surface area contributed by atoms with E-state index >= 15 is 0 Å². The molecule has 0 spiro atoms. The van der Waals surface area contributed by atoms with Crippen molar-refractivity contribution in [1.29, 1.82) is 0 Å². The van der Waals surface area contributed by atoms with Gasteiger partial charge in [-0.15, -0.1) is 0 Å². The van der Waals surface area contributed by atoms with Crippen LogP contribution in [0.3, 0.4) is 0 Å². The zero-order valence-electron chi connectivity index (χ0n) is 7.70. The summed E-state index contributed by atoms with van der Waals surface area (Å²) in [5.74, 6) is 0.875. The normalized spacial score (nSPS) is 13.4. The third kappa shape index (κ3) is 2.12. The third-order valence-electron chi connectivity index (χ3n) is 1.92. The van der Waals surface area contributed by atoms with Crippen molar-refractivity contribution in [2.45, 2.75) is 0 Å². The van der Waals surface area contributed by atoms with Crippen molar-refractivity contribution in [3.8, 4) is 11.5 Å². The maximum atomic E-state index is 10.6. The number of carbonyl (C=O) groups is 1. The number of carbonyl (C=O) groups excluding carboxylic acids is 1. The summed E-state index contributed by atoms with van der Waals surface area (Å²) >= 11 is 3.36. The zero-order chi connectivity index (χ0) is 10.8. The summed E-state index contributed by atoms with van der Waals surface area (Å²) in [6.45, 7) is 0.227. The second kappa shape index (κ2) is 3.94. The zero-order valence-corrected chi connectivity index (χ0v) is 9.28. The lowest BCUT2D eigenvalue weighted by Crippen LogP contribution is -2.05. The molecule has 1 amide bonds. The van der Waals surface area contributed by atoms with Gasteiger partial charge in [0.05, 0.1) is 0 Å². The van der Waals surface area contributed by atoms with Crippen LogP contribution in [-0.4, -0.2) is 12.7 Å². The Kier molecular flexibility index (Phi) is 2.64. The molecule has 0 bridgehead atoms. The van der Waals surface area contributed by atoms with Crippen molar-refractivity contribution in [3.63, 3.8) is 0 Å². The Bertz CT molecular complexity index is 443. The van der Waals surface area contributed by atoms with Gasteiger partial charge in [0.1, 0.15) is 0 Å². The first kappa shape index (κ1) is 10.0. The molecule has 1 aromatic rings. The van der Waals surface area contributed by atoms with Crippen molar-refractivity contribution in [2.75, 3.05) is 6.79 Å². The van der Waals surface area contributed by atoms with Crippen LogP contribution in [0, 0.1) is 0 Å². The van der Waals surface area contributed by atoms with Crippen LogP contribution in [0.4, 0.5) is 0 Å². The van der Waals surface area contributed by atoms with Gasteiger partial charge in [-0.05, 0) is 23.8 Å². The van der Waals surface area contributed by atoms with E-state index in [9.17, 15) is 4.79 Å². The van der Waals surface area contributed by atoms with E-state index in [0.29, 0.717) is 11.5 Å². The number of fused-ring (bicyclic) bond motifs is 1. The number of primary amides is 1. The van der Waals surface area contributed by atoms with Gasteiger partial charge >= 0.3 is 0 Å². The molecule has 0 fully saturated rings. The van der Waals surface area contributed by atoms with Gasteiger partial charge in [0, 0.05) is 10.5 Å². The Morgan fingerprint density at radius 3 is 2.73 bits per heavy atom. The van der Waals surface area contributed by atoms with Crippen molar-refractivity contribution < 1.29 is 14.3 Å². The van der Waals surface area contributed by atoms with Crippen LogP contribution < -0.4 is 15.2 Å². The number of halogens is 1. The van der Waals surface area contributed by atoms with Gasteiger partial charge in [-0.25, -0.2) is 0 Å². The molecular weight excluding hydrogens is 262 g/mol. The third-order valence-corrected chi connectivity index (χ3v) is 2.61. The molecular formula is C10H8BrNO3. The summed E-state index contributed by atoms with van der Waals surface area (Å²) in [6.07, 6.45) is 2.91. The van der Waals surface area contributed by atoms with Crippen LogP contribution in [0.15, 0.2) is 22.7 Å². The number of ether oxygens (including phenoxy) is 2. The number of hydrogen-bond donors (Lipinski definition) is 1. The molecule has 2 N–H and O–H groups in total. The minimum Gasteiger partial charge on any atom is -0.454 e. The lowest BCUT2D eigenvalue weighted by atomic mass is 10.2. The monoisotopic (exact) mass is 269 g/mol. The molecule has 0 aromatic heterocycles. The van der Waals surface area contributed by atoms with Gasteiger partial charge in [-0.3, -0.25) is 4.79 Å². The largest absolute Gasteiger partial charge is 0.454 e. The highest BCUT2D eigenvalue weighted by molar-refractivity contribution is 9.10. The summed E-state index contributed by atoms with van der Waals surface area (Å²) in [7, 11) is 0. The van der Waals surface area contributed by atoms with Crippen LogP contribution in [0.5, 0.6) is 11.5 Å². The standard InChI is InChI=1S/C10H8BrNO3/c11-7-4-9-8(14-5-15-9)3-6(7)1-2-10(12)13/h1-4H,5H2,(H2,12,13). The Hall–Kier alpha value is -1.49. The average Bonchev–Trinajstić information content (AvgIpc) is 2.60. The van der Waals surface area contributed by atoms with E-state index in [-0.39, 0.29) is 6.79 Å². The Balaban J connectivity index is 2.36. The van der Waals surface area contributed by atoms with Crippen molar-refractivity contribution >= 4 is 27.9 Å². The minimum atomic E-state index is -0.487. The highest BCUT2D eigenvalue weighted by atomic mass is 79.9. The molecule has 0 saturated carbocycles. The molecule has 0 atom stereocenters. The van der Waals surface area contributed by atoms with Crippen LogP contribution in [0.2, 0.25) is 0 Å². The smallest absolute Gasteiger partial charge is 0.241 e.